The van der Waals surface area contributed by atoms with E-state index < -0.39 is 17.8 Å². The third-order valence-electron chi connectivity index (χ3n) is 3.92. The maximum atomic E-state index is 14.1. The van der Waals surface area contributed by atoms with Crippen LogP contribution in [0.4, 0.5) is 4.39 Å². The first kappa shape index (κ1) is 18.9. The first-order chi connectivity index (χ1) is 13.5. The van der Waals surface area contributed by atoms with Crippen LogP contribution in [-0.4, -0.2) is 17.0 Å². The van der Waals surface area contributed by atoms with E-state index in [0.717, 1.165) is 28.5 Å². The summed E-state index contributed by atoms with van der Waals surface area (Å²) >= 11 is 0. The lowest BCUT2D eigenvalue weighted by Gasteiger charge is -2.07. The summed E-state index contributed by atoms with van der Waals surface area (Å²) in [7, 11) is 0. The molecule has 3 aromatic rings. The lowest BCUT2D eigenvalue weighted by molar-refractivity contribution is -0.131. The molecular weight excluding hydrogens is 359 g/mol. The van der Waals surface area contributed by atoms with Gasteiger partial charge in [0.1, 0.15) is 0 Å². The Kier molecular flexibility index (Phi) is 5.52. The lowest BCUT2D eigenvalue weighted by Crippen LogP contribution is -2.09. The van der Waals surface area contributed by atoms with Crippen LogP contribution in [0.5, 0.6) is 5.75 Å². The van der Waals surface area contributed by atoms with E-state index in [1.54, 1.807) is 25.1 Å². The predicted octanol–water partition coefficient (Wildman–Crippen LogP) is 4.67. The van der Waals surface area contributed by atoms with E-state index in [9.17, 15) is 14.0 Å². The molecule has 0 fully saturated rings. The Labute approximate surface area is 160 Å². The zero-order valence-electron chi connectivity index (χ0n) is 14.9. The van der Waals surface area contributed by atoms with Crippen molar-refractivity contribution >= 4 is 28.8 Å². The summed E-state index contributed by atoms with van der Waals surface area (Å²) in [4.78, 5) is 22.9. The average molecular weight is 374 g/mol. The van der Waals surface area contributed by atoms with E-state index in [1.165, 1.54) is 18.2 Å². The van der Waals surface area contributed by atoms with E-state index in [0.29, 0.717) is 5.56 Å². The van der Waals surface area contributed by atoms with Crippen molar-refractivity contribution in [3.05, 3.63) is 83.2 Å². The van der Waals surface area contributed by atoms with E-state index in [4.69, 9.17) is 9.84 Å². The summed E-state index contributed by atoms with van der Waals surface area (Å²) in [6, 6.07) is 14.5. The Morgan fingerprint density at radius 1 is 1.04 bits per heavy atom. The second-order valence-electron chi connectivity index (χ2n) is 5.90. The predicted molar refractivity (Wildman–Crippen MR) is 105 cm³/mol. The first-order valence-corrected chi connectivity index (χ1v) is 8.35. The van der Waals surface area contributed by atoms with Crippen molar-refractivity contribution in [2.24, 2.45) is 0 Å². The second-order valence-corrected chi connectivity index (χ2v) is 5.90. The number of rotatable bonds is 4. The van der Waals surface area contributed by atoms with Crippen LogP contribution >= 0.6 is 0 Å². The van der Waals surface area contributed by atoms with Gasteiger partial charge in [-0.25, -0.2) is 14.0 Å². The topological polar surface area (TPSA) is 63.6 Å². The number of hydrogen-bond donors (Lipinski definition) is 1. The van der Waals surface area contributed by atoms with Crippen molar-refractivity contribution in [2.75, 3.05) is 0 Å². The number of ether oxygens (including phenoxy) is 1. The minimum atomic E-state index is -1.14. The fourth-order valence-electron chi connectivity index (χ4n) is 2.62. The van der Waals surface area contributed by atoms with Gasteiger partial charge < -0.3 is 9.84 Å². The van der Waals surface area contributed by atoms with Gasteiger partial charge in [0.25, 0.3) is 0 Å². The molecule has 0 unspecified atom stereocenters. The summed E-state index contributed by atoms with van der Waals surface area (Å²) in [6.07, 6.45) is 2.14. The molecule has 138 valence electrons. The number of carbonyl (C=O) groups is 2. The fourth-order valence-corrected chi connectivity index (χ4v) is 2.62. The van der Waals surface area contributed by atoms with Crippen molar-refractivity contribution in [1.82, 2.24) is 0 Å². The summed E-state index contributed by atoms with van der Waals surface area (Å²) < 4.78 is 19.3. The quantitative estimate of drug-likeness (QED) is 0.312. The number of fused-ring (bicyclic) bond motifs is 1. The molecule has 1 N–H and O–H groups in total. The van der Waals surface area contributed by atoms with Crippen LogP contribution in [0.15, 0.2) is 60.7 Å². The van der Waals surface area contributed by atoms with Gasteiger partial charge >= 0.3 is 11.9 Å². The SMILES string of the molecule is CC#Cc1ccc2cc(C(=O)Oc3ccc(/C=C/C(=O)O)cc3F)ccc2c1. The zero-order chi connectivity index (χ0) is 20.1. The van der Waals surface area contributed by atoms with Gasteiger partial charge in [-0.05, 0) is 65.7 Å². The van der Waals surface area contributed by atoms with Gasteiger partial charge in [-0.3, -0.25) is 0 Å². The van der Waals surface area contributed by atoms with Crippen molar-refractivity contribution in [2.45, 2.75) is 6.92 Å². The highest BCUT2D eigenvalue weighted by Crippen LogP contribution is 2.22. The zero-order valence-corrected chi connectivity index (χ0v) is 14.9. The highest BCUT2D eigenvalue weighted by atomic mass is 19.1. The number of carboxylic acid groups (broad SMARTS) is 1. The molecule has 5 heteroatoms. The lowest BCUT2D eigenvalue weighted by atomic mass is 10.0. The second kappa shape index (κ2) is 8.19. The fraction of sp³-hybridized carbons (Fsp3) is 0.0435. The minimum Gasteiger partial charge on any atom is -0.478 e. The molecule has 0 aliphatic heterocycles. The smallest absolute Gasteiger partial charge is 0.343 e. The molecule has 3 rings (SSSR count). The molecule has 28 heavy (non-hydrogen) atoms. The summed E-state index contributed by atoms with van der Waals surface area (Å²) in [5, 5.41) is 10.4. The molecular formula is C23H15FO4. The van der Waals surface area contributed by atoms with Gasteiger partial charge in [0.15, 0.2) is 11.6 Å². The van der Waals surface area contributed by atoms with Gasteiger partial charge in [-0.15, -0.1) is 5.92 Å². The van der Waals surface area contributed by atoms with Crippen LogP contribution in [0.25, 0.3) is 16.8 Å². The van der Waals surface area contributed by atoms with Gasteiger partial charge in [0.2, 0.25) is 0 Å². The van der Waals surface area contributed by atoms with Crippen LogP contribution in [0.2, 0.25) is 0 Å². The molecule has 0 bridgehead atoms. The number of carbonyl (C=O) groups excluding carboxylic acids is 1. The third-order valence-corrected chi connectivity index (χ3v) is 3.92. The first-order valence-electron chi connectivity index (χ1n) is 8.35. The molecule has 0 aliphatic carbocycles. The monoisotopic (exact) mass is 374 g/mol. The number of hydrogen-bond acceptors (Lipinski definition) is 3. The third kappa shape index (κ3) is 4.43. The Hall–Kier alpha value is -3.91. The van der Waals surface area contributed by atoms with E-state index in [2.05, 4.69) is 11.8 Å². The van der Waals surface area contributed by atoms with Gasteiger partial charge in [-0.1, -0.05) is 24.1 Å². The van der Waals surface area contributed by atoms with Crippen molar-refractivity contribution < 1.29 is 23.8 Å². The number of halogens is 1. The number of aliphatic carboxylic acids is 1. The van der Waals surface area contributed by atoms with Crippen LogP contribution < -0.4 is 4.74 Å². The van der Waals surface area contributed by atoms with Gasteiger partial charge in [-0.2, -0.15) is 0 Å². The molecule has 0 saturated heterocycles. The maximum Gasteiger partial charge on any atom is 0.343 e. The van der Waals surface area contributed by atoms with Crippen molar-refractivity contribution in [3.63, 3.8) is 0 Å². The Morgan fingerprint density at radius 3 is 2.50 bits per heavy atom. The molecule has 0 atom stereocenters. The highest BCUT2D eigenvalue weighted by molar-refractivity contribution is 5.96. The molecule has 0 heterocycles. The summed E-state index contributed by atoms with van der Waals surface area (Å²) in [5.41, 5.74) is 1.51. The Morgan fingerprint density at radius 2 is 1.79 bits per heavy atom. The molecule has 4 nitrogen and oxygen atoms in total. The molecule has 0 aliphatic rings. The normalized spacial score (nSPS) is 10.5. The van der Waals surface area contributed by atoms with Gasteiger partial charge in [0, 0.05) is 11.6 Å². The minimum absolute atomic E-state index is 0.230. The number of carboxylic acids is 1. The van der Waals surface area contributed by atoms with Crippen LogP contribution in [0.3, 0.4) is 0 Å². The Bertz CT molecular complexity index is 1170. The molecule has 3 aromatic carbocycles. The van der Waals surface area contributed by atoms with E-state index in [-0.39, 0.29) is 11.3 Å². The standard InChI is InChI=1S/C23H15FO4/c1-2-3-15-4-7-18-14-19(9-8-17(18)12-15)23(27)28-21-10-5-16(13-20(21)24)6-11-22(25)26/h4-14H,1H3,(H,25,26)/b11-6+. The molecule has 0 radical (unpaired) electrons. The average Bonchev–Trinajstić information content (AvgIpc) is 2.68. The van der Waals surface area contributed by atoms with E-state index in [1.807, 2.05) is 18.2 Å². The Balaban J connectivity index is 1.81. The molecule has 0 amide bonds. The van der Waals surface area contributed by atoms with Crippen molar-refractivity contribution in [3.8, 4) is 17.6 Å². The number of esters is 1. The molecule has 0 saturated carbocycles. The number of benzene rings is 3. The summed E-state index contributed by atoms with van der Waals surface area (Å²) in [5.74, 6) is 2.99. The molecule has 0 aromatic heterocycles. The highest BCUT2D eigenvalue weighted by Gasteiger charge is 2.13. The molecule has 0 spiro atoms. The van der Waals surface area contributed by atoms with E-state index >= 15 is 0 Å². The van der Waals surface area contributed by atoms with Crippen LogP contribution in [0, 0.1) is 17.7 Å². The maximum absolute atomic E-state index is 14.1. The summed E-state index contributed by atoms with van der Waals surface area (Å²) in [6.45, 7) is 1.76. The van der Waals surface area contributed by atoms with Crippen LogP contribution in [-0.2, 0) is 4.79 Å². The largest absolute Gasteiger partial charge is 0.478 e. The van der Waals surface area contributed by atoms with Gasteiger partial charge in [0.05, 0.1) is 5.56 Å². The van der Waals surface area contributed by atoms with Crippen molar-refractivity contribution in [1.29, 1.82) is 0 Å². The van der Waals surface area contributed by atoms with Crippen LogP contribution in [0.1, 0.15) is 28.4 Å².